The molecule has 1 fully saturated rings. The van der Waals surface area contributed by atoms with E-state index in [-0.39, 0.29) is 23.8 Å². The molecule has 4 aliphatic rings. The second-order valence-corrected chi connectivity index (χ2v) is 6.36. The molecule has 0 radical (unpaired) electrons. The number of ether oxygens (including phenoxy) is 1. The smallest absolute Gasteiger partial charge is 0.185 e. The van der Waals surface area contributed by atoms with Crippen molar-refractivity contribution in [2.75, 3.05) is 6.61 Å². The van der Waals surface area contributed by atoms with Gasteiger partial charge in [-0.25, -0.2) is 4.98 Å². The number of hydrogen-bond donors (Lipinski definition) is 0. The van der Waals surface area contributed by atoms with Crippen molar-refractivity contribution in [2.45, 2.75) is 12.6 Å². The highest BCUT2D eigenvalue weighted by Crippen LogP contribution is 2.44. The molecule has 1 aromatic rings. The van der Waals surface area contributed by atoms with E-state index in [1.165, 1.54) is 0 Å². The fourth-order valence-corrected chi connectivity index (χ4v) is 3.99. The Labute approximate surface area is 133 Å². The number of Topliss-reactive ketones (excluding diaryl/α,β-unsaturated/α-hetero) is 1. The molecule has 0 aromatic heterocycles. The first kappa shape index (κ1) is 13.0. The molecule has 0 spiro atoms. The van der Waals surface area contributed by atoms with Crippen molar-refractivity contribution in [1.82, 2.24) is 9.55 Å². The van der Waals surface area contributed by atoms with Crippen LogP contribution in [0.2, 0.25) is 0 Å². The third-order valence-electron chi connectivity index (χ3n) is 5.20. The van der Waals surface area contributed by atoms with Crippen LogP contribution in [0.25, 0.3) is 22.2 Å². The van der Waals surface area contributed by atoms with Gasteiger partial charge in [0.1, 0.15) is 11.9 Å². The molecule has 0 N–H and O–H groups in total. The van der Waals surface area contributed by atoms with Gasteiger partial charge in [0.05, 0.1) is 17.8 Å². The minimum absolute atomic E-state index is 0.0448. The van der Waals surface area contributed by atoms with Crippen molar-refractivity contribution in [3.05, 3.63) is 54.9 Å². The number of carbonyl (C=O) groups is 1. The lowest BCUT2D eigenvalue weighted by Gasteiger charge is -2.40. The highest BCUT2D eigenvalue weighted by Gasteiger charge is 2.43. The van der Waals surface area contributed by atoms with Gasteiger partial charge >= 0.3 is 0 Å². The molecule has 2 bridgehead atoms. The molecule has 3 atom stereocenters. The number of benzene rings is 1. The highest BCUT2D eigenvalue weighted by molar-refractivity contribution is 6.08. The number of pyridine rings is 1. The lowest BCUT2D eigenvalue weighted by Crippen LogP contribution is -2.42. The second kappa shape index (κ2) is 4.52. The Morgan fingerprint density at radius 1 is 1.30 bits per heavy atom. The molecule has 0 saturated carbocycles. The number of rotatable bonds is 1. The van der Waals surface area contributed by atoms with E-state index in [4.69, 9.17) is 9.72 Å². The maximum Gasteiger partial charge on any atom is 0.185 e. The zero-order valence-corrected chi connectivity index (χ0v) is 12.6. The van der Waals surface area contributed by atoms with Crippen molar-refractivity contribution in [1.29, 1.82) is 0 Å². The minimum Gasteiger partial charge on any atom is -0.357 e. The average molecular weight is 304 g/mol. The minimum atomic E-state index is -0.0758. The molecule has 23 heavy (non-hydrogen) atoms. The summed E-state index contributed by atoms with van der Waals surface area (Å²) in [4.78, 5) is 17.9. The zero-order chi connectivity index (χ0) is 15.6. The van der Waals surface area contributed by atoms with E-state index in [0.717, 1.165) is 28.6 Å². The third-order valence-corrected chi connectivity index (χ3v) is 5.20. The fraction of sp³-hybridized carbons (Fsp3) is 0.263. The maximum absolute atomic E-state index is 13.1. The molecule has 4 nitrogen and oxygen atoms in total. The first-order valence-electron chi connectivity index (χ1n) is 7.95. The summed E-state index contributed by atoms with van der Waals surface area (Å²) in [6.45, 7) is 4.43. The highest BCUT2D eigenvalue weighted by atomic mass is 16.5. The van der Waals surface area contributed by atoms with Gasteiger partial charge in [0.2, 0.25) is 0 Å². The van der Waals surface area contributed by atoms with Crippen molar-refractivity contribution in [2.24, 2.45) is 11.8 Å². The van der Waals surface area contributed by atoms with Crippen molar-refractivity contribution in [3.63, 3.8) is 0 Å². The van der Waals surface area contributed by atoms with Crippen LogP contribution in [0.4, 0.5) is 0 Å². The van der Waals surface area contributed by atoms with Gasteiger partial charge in [-0.15, -0.1) is 6.58 Å². The van der Waals surface area contributed by atoms with E-state index >= 15 is 0 Å². The molecule has 5 rings (SSSR count). The van der Waals surface area contributed by atoms with Crippen LogP contribution in [0.3, 0.4) is 0 Å². The Kier molecular flexibility index (Phi) is 2.56. The lowest BCUT2D eigenvalue weighted by atomic mass is 9.79. The molecule has 1 saturated heterocycles. The molecule has 114 valence electrons. The van der Waals surface area contributed by atoms with Gasteiger partial charge in [0.15, 0.2) is 5.78 Å². The van der Waals surface area contributed by atoms with E-state index < -0.39 is 0 Å². The van der Waals surface area contributed by atoms with Crippen molar-refractivity contribution < 1.29 is 9.53 Å². The molecule has 0 unspecified atom stereocenters. The monoisotopic (exact) mass is 304 g/mol. The Balaban J connectivity index is 1.80. The first-order chi connectivity index (χ1) is 11.3. The van der Waals surface area contributed by atoms with Crippen LogP contribution >= 0.6 is 0 Å². The van der Waals surface area contributed by atoms with Gasteiger partial charge < -0.3 is 9.30 Å². The standard InChI is InChI=1S/C19H16N2O2/c1-2-11-10-23-16-9-14(11)19(22)18-17-13(7-8-21(16)18)12-5-3-4-6-15(12)20-17/h2-8,11,14,16H,1,9-10H2/t11-,14+,16+/m0/s1. The van der Waals surface area contributed by atoms with Gasteiger partial charge in [0.25, 0.3) is 0 Å². The quantitative estimate of drug-likeness (QED) is 0.644. The van der Waals surface area contributed by atoms with Crippen LogP contribution in [-0.2, 0) is 4.74 Å². The molecule has 4 aliphatic heterocycles. The van der Waals surface area contributed by atoms with Gasteiger partial charge in [-0.1, -0.05) is 24.3 Å². The number of fused-ring (bicyclic) bond motifs is 8. The van der Waals surface area contributed by atoms with E-state index in [1.807, 2.05) is 41.1 Å². The normalized spacial score (nSPS) is 26.4. The van der Waals surface area contributed by atoms with Crippen LogP contribution < -0.4 is 0 Å². The van der Waals surface area contributed by atoms with Crippen LogP contribution in [0.15, 0.2) is 49.2 Å². The van der Waals surface area contributed by atoms with E-state index in [2.05, 4.69) is 12.6 Å². The van der Waals surface area contributed by atoms with Gasteiger partial charge in [-0.05, 0) is 12.1 Å². The topological polar surface area (TPSA) is 44.1 Å². The van der Waals surface area contributed by atoms with Crippen molar-refractivity contribution >= 4 is 16.7 Å². The third kappa shape index (κ3) is 1.64. The molecule has 4 heteroatoms. The molecular weight excluding hydrogens is 288 g/mol. The SMILES string of the molecule is C=C[C@H]1CO[C@@H]2C[C@H]1C(=O)c1c3nc4ccccc4c-3ccn12. The summed E-state index contributed by atoms with van der Waals surface area (Å²) < 4.78 is 7.93. The van der Waals surface area contributed by atoms with Gasteiger partial charge in [-0.3, -0.25) is 4.79 Å². The van der Waals surface area contributed by atoms with E-state index in [0.29, 0.717) is 12.3 Å². The summed E-state index contributed by atoms with van der Waals surface area (Å²) >= 11 is 0. The molecule has 0 amide bonds. The van der Waals surface area contributed by atoms with Crippen LogP contribution in [-0.4, -0.2) is 21.9 Å². The number of carbonyl (C=O) groups excluding carboxylic acids is 1. The summed E-state index contributed by atoms with van der Waals surface area (Å²) in [6.07, 6.45) is 4.47. The van der Waals surface area contributed by atoms with Crippen LogP contribution in [0.1, 0.15) is 23.1 Å². The number of hydrogen-bond acceptors (Lipinski definition) is 3. The number of para-hydroxylation sites is 1. The average Bonchev–Trinajstić information content (AvgIpc) is 2.98. The first-order valence-corrected chi connectivity index (χ1v) is 7.95. The fourth-order valence-electron chi connectivity index (χ4n) is 3.99. The Morgan fingerprint density at radius 2 is 2.17 bits per heavy atom. The number of aromatic nitrogens is 2. The summed E-state index contributed by atoms with van der Waals surface area (Å²) in [5.41, 5.74) is 3.45. The Morgan fingerprint density at radius 3 is 3.04 bits per heavy atom. The van der Waals surface area contributed by atoms with Gasteiger partial charge in [0, 0.05) is 35.4 Å². The maximum atomic E-state index is 13.1. The summed E-state index contributed by atoms with van der Waals surface area (Å²) in [6, 6.07) is 10.1. The van der Waals surface area contributed by atoms with Crippen molar-refractivity contribution in [3.8, 4) is 11.3 Å². The number of nitrogens with zero attached hydrogens (tertiary/aromatic N) is 2. The predicted octanol–water partition coefficient (Wildman–Crippen LogP) is 3.67. The Hall–Kier alpha value is -2.46. The lowest BCUT2D eigenvalue weighted by molar-refractivity contribution is -0.0764. The molecule has 1 aromatic carbocycles. The van der Waals surface area contributed by atoms with E-state index in [9.17, 15) is 4.79 Å². The largest absolute Gasteiger partial charge is 0.357 e. The molecular formula is C19H16N2O2. The molecule has 0 aliphatic carbocycles. The number of ketones is 1. The second-order valence-electron chi connectivity index (χ2n) is 6.36. The predicted molar refractivity (Wildman–Crippen MR) is 87.5 cm³/mol. The van der Waals surface area contributed by atoms with Gasteiger partial charge in [-0.2, -0.15) is 0 Å². The zero-order valence-electron chi connectivity index (χ0n) is 12.6. The summed E-state index contributed by atoms with van der Waals surface area (Å²) in [5.74, 6) is 0.214. The summed E-state index contributed by atoms with van der Waals surface area (Å²) in [5, 5.41) is 1.09. The van der Waals surface area contributed by atoms with E-state index in [1.54, 1.807) is 0 Å². The molecule has 4 heterocycles. The van der Waals surface area contributed by atoms with Crippen LogP contribution in [0, 0.1) is 11.8 Å². The summed E-state index contributed by atoms with van der Waals surface area (Å²) in [7, 11) is 0. The van der Waals surface area contributed by atoms with Crippen LogP contribution in [0.5, 0.6) is 0 Å². The Bertz CT molecular complexity index is 926.